The van der Waals surface area contributed by atoms with Crippen molar-refractivity contribution in [3.63, 3.8) is 0 Å². The normalized spacial score (nSPS) is 11.3. The molecular weight excluding hydrogens is 356 g/mol. The van der Waals surface area contributed by atoms with Gasteiger partial charge < -0.3 is 5.32 Å². The summed E-state index contributed by atoms with van der Waals surface area (Å²) in [7, 11) is 0. The number of aromatic nitrogens is 3. The van der Waals surface area contributed by atoms with Crippen molar-refractivity contribution >= 4 is 49.6 Å². The van der Waals surface area contributed by atoms with Gasteiger partial charge in [-0.15, -0.1) is 5.10 Å². The number of anilines is 2. The molecule has 0 aliphatic heterocycles. The first-order valence-electron chi connectivity index (χ1n) is 7.91. The summed E-state index contributed by atoms with van der Waals surface area (Å²) >= 11 is 7.35. The number of hydrogen-bond donors (Lipinski definition) is 1. The van der Waals surface area contributed by atoms with Gasteiger partial charge in [-0.25, -0.2) is 4.98 Å². The molecule has 0 amide bonds. The Balaban J connectivity index is 1.86. The highest BCUT2D eigenvalue weighted by Gasteiger charge is 2.13. The molecule has 0 radical (unpaired) electrons. The molecule has 5 nitrogen and oxygen atoms in total. The van der Waals surface area contributed by atoms with E-state index in [-0.39, 0.29) is 5.56 Å². The van der Waals surface area contributed by atoms with Crippen molar-refractivity contribution in [2.24, 2.45) is 0 Å². The smallest absolute Gasteiger partial charge is 0.283 e. The molecule has 7 heteroatoms. The molecule has 2 aromatic heterocycles. The number of aryl methyl sites for hydroxylation is 2. The zero-order valence-corrected chi connectivity index (χ0v) is 15.3. The van der Waals surface area contributed by atoms with E-state index in [1.54, 1.807) is 18.2 Å². The van der Waals surface area contributed by atoms with Crippen LogP contribution in [0.2, 0.25) is 5.02 Å². The highest BCUT2D eigenvalue weighted by Crippen LogP contribution is 2.28. The van der Waals surface area contributed by atoms with E-state index < -0.39 is 0 Å². The van der Waals surface area contributed by atoms with Crippen LogP contribution >= 0.6 is 22.9 Å². The molecule has 2 aromatic carbocycles. The van der Waals surface area contributed by atoms with Crippen molar-refractivity contribution in [1.82, 2.24) is 14.6 Å². The number of hydrogen-bond acceptors (Lipinski definition) is 5. The number of fused-ring (bicyclic) bond motifs is 2. The summed E-state index contributed by atoms with van der Waals surface area (Å²) in [5.41, 5.74) is 3.76. The lowest BCUT2D eigenvalue weighted by Gasteiger charge is -2.11. The molecule has 25 heavy (non-hydrogen) atoms. The molecule has 1 N–H and O–H groups in total. The zero-order chi connectivity index (χ0) is 17.6. The number of rotatable bonds is 3. The average Bonchev–Trinajstić information content (AvgIpc) is 2.99. The van der Waals surface area contributed by atoms with E-state index in [2.05, 4.69) is 41.4 Å². The second kappa shape index (κ2) is 6.13. The van der Waals surface area contributed by atoms with E-state index in [1.807, 2.05) is 6.07 Å². The number of nitrogens with one attached hydrogen (secondary N) is 1. The summed E-state index contributed by atoms with van der Waals surface area (Å²) < 4.78 is 1.34. The molecular formula is C18H15ClN4OS. The van der Waals surface area contributed by atoms with Gasteiger partial charge in [0, 0.05) is 10.7 Å². The SMILES string of the molecule is CCc1cccc(C)c1Nc1nn2c(=O)c3ccc(Cl)cc3nc2s1. The zero-order valence-electron chi connectivity index (χ0n) is 13.7. The molecule has 2 heterocycles. The van der Waals surface area contributed by atoms with Crippen LogP contribution in [0.15, 0.2) is 41.2 Å². The Labute approximate surface area is 152 Å². The fourth-order valence-corrected chi connectivity index (χ4v) is 3.81. The number of para-hydroxylation sites is 1. The first kappa shape index (κ1) is 16.1. The Morgan fingerprint density at radius 1 is 1.28 bits per heavy atom. The minimum Gasteiger partial charge on any atom is -0.330 e. The van der Waals surface area contributed by atoms with Gasteiger partial charge in [0.2, 0.25) is 10.1 Å². The second-order valence-corrected chi connectivity index (χ2v) is 7.16. The summed E-state index contributed by atoms with van der Waals surface area (Å²) in [6.45, 7) is 4.16. The van der Waals surface area contributed by atoms with Crippen molar-refractivity contribution in [2.75, 3.05) is 5.32 Å². The average molecular weight is 371 g/mol. The number of nitrogens with zero attached hydrogens (tertiary/aromatic N) is 3. The number of halogens is 1. The predicted octanol–water partition coefficient (Wildman–Crippen LogP) is 4.57. The lowest BCUT2D eigenvalue weighted by molar-refractivity contribution is 0.919. The van der Waals surface area contributed by atoms with Gasteiger partial charge in [0.05, 0.1) is 10.9 Å². The Hall–Kier alpha value is -2.44. The Kier molecular flexibility index (Phi) is 3.94. The van der Waals surface area contributed by atoms with Gasteiger partial charge in [0.15, 0.2) is 0 Å². The fraction of sp³-hybridized carbons (Fsp3) is 0.167. The summed E-state index contributed by atoms with van der Waals surface area (Å²) in [5, 5.41) is 9.46. The van der Waals surface area contributed by atoms with Crippen molar-refractivity contribution in [3.8, 4) is 0 Å². The van der Waals surface area contributed by atoms with Gasteiger partial charge in [-0.1, -0.05) is 48.1 Å². The molecule has 0 bridgehead atoms. The maximum atomic E-state index is 12.7. The molecule has 0 unspecified atom stereocenters. The van der Waals surface area contributed by atoms with Crippen LogP contribution in [0.5, 0.6) is 0 Å². The summed E-state index contributed by atoms with van der Waals surface area (Å²) in [5.74, 6) is 0. The van der Waals surface area contributed by atoms with Crippen LogP contribution in [0.25, 0.3) is 15.9 Å². The highest BCUT2D eigenvalue weighted by molar-refractivity contribution is 7.20. The summed E-state index contributed by atoms with van der Waals surface area (Å²) in [4.78, 5) is 17.7. The Morgan fingerprint density at radius 3 is 2.92 bits per heavy atom. The third-order valence-electron chi connectivity index (χ3n) is 4.13. The van der Waals surface area contributed by atoms with Gasteiger partial charge in [-0.3, -0.25) is 4.79 Å². The Bertz CT molecular complexity index is 1170. The monoisotopic (exact) mass is 370 g/mol. The van der Waals surface area contributed by atoms with E-state index in [0.29, 0.717) is 26.0 Å². The first-order valence-corrected chi connectivity index (χ1v) is 9.11. The van der Waals surface area contributed by atoms with Crippen LogP contribution in [-0.2, 0) is 6.42 Å². The predicted molar refractivity (Wildman–Crippen MR) is 103 cm³/mol. The second-order valence-electron chi connectivity index (χ2n) is 5.77. The summed E-state index contributed by atoms with van der Waals surface area (Å²) in [6, 6.07) is 11.2. The van der Waals surface area contributed by atoms with Crippen LogP contribution in [0.4, 0.5) is 10.8 Å². The van der Waals surface area contributed by atoms with Crippen LogP contribution in [0, 0.1) is 6.92 Å². The maximum Gasteiger partial charge on any atom is 0.283 e. The van der Waals surface area contributed by atoms with Gasteiger partial charge in [-0.05, 0) is 42.7 Å². The maximum absolute atomic E-state index is 12.7. The molecule has 0 saturated carbocycles. The van der Waals surface area contributed by atoms with E-state index in [1.165, 1.54) is 21.4 Å². The molecule has 0 aliphatic carbocycles. The standard InChI is InChI=1S/C18H15ClN4OS/c1-3-11-6-4-5-10(2)15(11)21-17-22-23-16(24)13-8-7-12(19)9-14(13)20-18(23)25-17/h4-9H,3H2,1-2H3,(H,21,22). The van der Waals surface area contributed by atoms with Gasteiger partial charge in [0.1, 0.15) is 0 Å². The molecule has 0 saturated heterocycles. The third kappa shape index (κ3) is 2.77. The van der Waals surface area contributed by atoms with Crippen LogP contribution in [-0.4, -0.2) is 14.6 Å². The van der Waals surface area contributed by atoms with Gasteiger partial charge >= 0.3 is 0 Å². The van der Waals surface area contributed by atoms with Crippen molar-refractivity contribution in [2.45, 2.75) is 20.3 Å². The quantitative estimate of drug-likeness (QED) is 0.573. The summed E-state index contributed by atoms with van der Waals surface area (Å²) in [6.07, 6.45) is 0.912. The Morgan fingerprint density at radius 2 is 2.12 bits per heavy atom. The topological polar surface area (TPSA) is 59.3 Å². The molecule has 0 spiro atoms. The van der Waals surface area contributed by atoms with E-state index in [9.17, 15) is 4.79 Å². The van der Waals surface area contributed by atoms with Crippen LogP contribution in [0.1, 0.15) is 18.1 Å². The molecule has 4 aromatic rings. The van der Waals surface area contributed by atoms with E-state index in [0.717, 1.165) is 17.7 Å². The van der Waals surface area contributed by atoms with Crippen LogP contribution in [0.3, 0.4) is 0 Å². The molecule has 126 valence electrons. The minimum absolute atomic E-state index is 0.193. The third-order valence-corrected chi connectivity index (χ3v) is 5.19. The van der Waals surface area contributed by atoms with Gasteiger partial charge in [-0.2, -0.15) is 4.52 Å². The van der Waals surface area contributed by atoms with Crippen molar-refractivity contribution in [1.29, 1.82) is 0 Å². The molecule has 0 atom stereocenters. The highest BCUT2D eigenvalue weighted by atomic mass is 35.5. The number of benzene rings is 2. The fourth-order valence-electron chi connectivity index (χ4n) is 2.84. The minimum atomic E-state index is -0.193. The van der Waals surface area contributed by atoms with E-state index >= 15 is 0 Å². The largest absolute Gasteiger partial charge is 0.330 e. The molecule has 4 rings (SSSR count). The lowest BCUT2D eigenvalue weighted by Crippen LogP contribution is -2.15. The van der Waals surface area contributed by atoms with Crippen molar-refractivity contribution in [3.05, 3.63) is 62.9 Å². The van der Waals surface area contributed by atoms with Gasteiger partial charge in [0.25, 0.3) is 5.56 Å². The first-order chi connectivity index (χ1) is 12.1. The lowest BCUT2D eigenvalue weighted by atomic mass is 10.1. The molecule has 0 aliphatic rings. The van der Waals surface area contributed by atoms with Crippen molar-refractivity contribution < 1.29 is 0 Å². The van der Waals surface area contributed by atoms with E-state index in [4.69, 9.17) is 11.6 Å². The van der Waals surface area contributed by atoms with Crippen LogP contribution < -0.4 is 10.9 Å². The molecule has 0 fully saturated rings.